The second-order valence-corrected chi connectivity index (χ2v) is 6.75. The summed E-state index contributed by atoms with van der Waals surface area (Å²) in [4.78, 5) is 0. The lowest BCUT2D eigenvalue weighted by Crippen LogP contribution is -2.43. The first-order valence-electron chi connectivity index (χ1n) is 6.65. The quantitative estimate of drug-likeness (QED) is 0.831. The highest BCUT2D eigenvalue weighted by Crippen LogP contribution is 2.16. The Balaban J connectivity index is 2.29. The largest absolute Gasteiger partial charge is 0.376 e. The molecule has 1 N–H and O–H groups in total. The Morgan fingerprint density at radius 3 is 2.17 bits per heavy atom. The molecule has 18 heavy (non-hydrogen) atoms. The van der Waals surface area contributed by atoms with Gasteiger partial charge in [-0.2, -0.15) is 0 Å². The van der Waals surface area contributed by atoms with Gasteiger partial charge in [-0.05, 0) is 26.3 Å². The normalized spacial score (nSPS) is 12.7. The number of rotatable bonds is 6. The van der Waals surface area contributed by atoms with Crippen LogP contribution in [0.1, 0.15) is 40.2 Å². The van der Waals surface area contributed by atoms with E-state index < -0.39 is 0 Å². The van der Waals surface area contributed by atoms with Crippen molar-refractivity contribution in [1.29, 1.82) is 0 Å². The summed E-state index contributed by atoms with van der Waals surface area (Å²) in [5.74, 6) is 0. The van der Waals surface area contributed by atoms with Crippen molar-refractivity contribution < 1.29 is 4.74 Å². The summed E-state index contributed by atoms with van der Waals surface area (Å²) in [7, 11) is 0. The highest BCUT2D eigenvalue weighted by molar-refractivity contribution is 5.13. The number of nitrogens with one attached hydrogen (secondary N) is 1. The molecule has 2 heteroatoms. The molecule has 0 unspecified atom stereocenters. The summed E-state index contributed by atoms with van der Waals surface area (Å²) in [6.07, 6.45) is 0. The van der Waals surface area contributed by atoms with Gasteiger partial charge in [-0.1, -0.05) is 44.2 Å². The fourth-order valence-electron chi connectivity index (χ4n) is 1.57. The van der Waals surface area contributed by atoms with Crippen molar-refractivity contribution in [3.8, 4) is 0 Å². The van der Waals surface area contributed by atoms with Crippen LogP contribution < -0.4 is 5.32 Å². The molecule has 102 valence electrons. The summed E-state index contributed by atoms with van der Waals surface area (Å²) in [5, 5.41) is 3.53. The third-order valence-corrected chi connectivity index (χ3v) is 2.70. The van der Waals surface area contributed by atoms with Crippen molar-refractivity contribution in [3.05, 3.63) is 35.9 Å². The molecule has 0 aliphatic heterocycles. The van der Waals surface area contributed by atoms with Gasteiger partial charge in [0.2, 0.25) is 0 Å². The summed E-state index contributed by atoms with van der Waals surface area (Å²) in [6, 6.07) is 10.3. The Morgan fingerprint density at radius 2 is 1.61 bits per heavy atom. The molecular weight excluding hydrogens is 222 g/mol. The maximum atomic E-state index is 5.81. The second kappa shape index (κ2) is 6.35. The van der Waals surface area contributed by atoms with Gasteiger partial charge in [-0.25, -0.2) is 0 Å². The molecule has 0 radical (unpaired) electrons. The van der Waals surface area contributed by atoms with Crippen LogP contribution >= 0.6 is 0 Å². The van der Waals surface area contributed by atoms with Crippen molar-refractivity contribution in [2.24, 2.45) is 5.41 Å². The Labute approximate surface area is 112 Å². The average molecular weight is 249 g/mol. The van der Waals surface area contributed by atoms with E-state index in [1.54, 1.807) is 0 Å². The van der Waals surface area contributed by atoms with Gasteiger partial charge in [0.1, 0.15) is 0 Å². The van der Waals surface area contributed by atoms with Gasteiger partial charge in [-0.3, -0.25) is 0 Å². The van der Waals surface area contributed by atoms with E-state index in [0.29, 0.717) is 6.61 Å². The first-order chi connectivity index (χ1) is 8.29. The summed E-state index contributed by atoms with van der Waals surface area (Å²) >= 11 is 0. The van der Waals surface area contributed by atoms with Crippen LogP contribution in [0.4, 0.5) is 0 Å². The van der Waals surface area contributed by atoms with Gasteiger partial charge in [0, 0.05) is 17.5 Å². The SMILES string of the molecule is CC(C)(CNC(C)(C)C)COCc1ccccc1. The van der Waals surface area contributed by atoms with Crippen LogP contribution in [0.25, 0.3) is 0 Å². The third kappa shape index (κ3) is 6.77. The zero-order chi connectivity index (χ0) is 13.6. The van der Waals surface area contributed by atoms with E-state index in [-0.39, 0.29) is 11.0 Å². The standard InChI is InChI=1S/C16H27NO/c1-15(2,3)17-12-16(4,5)13-18-11-14-9-7-6-8-10-14/h6-10,17H,11-13H2,1-5H3. The topological polar surface area (TPSA) is 21.3 Å². The van der Waals surface area contributed by atoms with Crippen LogP contribution in [0.3, 0.4) is 0 Å². The van der Waals surface area contributed by atoms with Gasteiger partial charge in [0.25, 0.3) is 0 Å². The Morgan fingerprint density at radius 1 is 1.00 bits per heavy atom. The van der Waals surface area contributed by atoms with Crippen LogP contribution in [0.5, 0.6) is 0 Å². The van der Waals surface area contributed by atoms with Crippen LogP contribution in [-0.2, 0) is 11.3 Å². The lowest BCUT2D eigenvalue weighted by Gasteiger charge is -2.30. The lowest BCUT2D eigenvalue weighted by molar-refractivity contribution is 0.0483. The van der Waals surface area contributed by atoms with Crippen LogP contribution in [0, 0.1) is 5.41 Å². The fourth-order valence-corrected chi connectivity index (χ4v) is 1.57. The zero-order valence-corrected chi connectivity index (χ0v) is 12.4. The van der Waals surface area contributed by atoms with E-state index in [0.717, 1.165) is 13.2 Å². The maximum absolute atomic E-state index is 5.81. The zero-order valence-electron chi connectivity index (χ0n) is 12.4. The molecule has 0 atom stereocenters. The molecule has 0 heterocycles. The number of hydrogen-bond donors (Lipinski definition) is 1. The molecule has 0 bridgehead atoms. The minimum absolute atomic E-state index is 0.155. The van der Waals surface area contributed by atoms with Crippen molar-refractivity contribution in [3.63, 3.8) is 0 Å². The molecule has 0 aromatic heterocycles. The molecule has 0 aliphatic carbocycles. The second-order valence-electron chi connectivity index (χ2n) is 6.75. The Hall–Kier alpha value is -0.860. The van der Waals surface area contributed by atoms with E-state index in [2.05, 4.69) is 52.1 Å². The van der Waals surface area contributed by atoms with Crippen LogP contribution in [0.2, 0.25) is 0 Å². The van der Waals surface area contributed by atoms with Crippen molar-refractivity contribution >= 4 is 0 Å². The number of ether oxygens (including phenoxy) is 1. The summed E-state index contributed by atoms with van der Waals surface area (Å²) < 4.78 is 5.81. The third-order valence-electron chi connectivity index (χ3n) is 2.70. The molecule has 1 aromatic carbocycles. The molecule has 0 saturated carbocycles. The van der Waals surface area contributed by atoms with Crippen molar-refractivity contribution in [1.82, 2.24) is 5.32 Å². The predicted molar refractivity (Wildman–Crippen MR) is 77.6 cm³/mol. The minimum atomic E-state index is 0.155. The number of hydrogen-bond acceptors (Lipinski definition) is 2. The van der Waals surface area contributed by atoms with Crippen LogP contribution in [0.15, 0.2) is 30.3 Å². The van der Waals surface area contributed by atoms with Crippen molar-refractivity contribution in [2.45, 2.75) is 46.8 Å². The van der Waals surface area contributed by atoms with Gasteiger partial charge in [0.15, 0.2) is 0 Å². The highest BCUT2D eigenvalue weighted by Gasteiger charge is 2.21. The molecule has 0 saturated heterocycles. The van der Waals surface area contributed by atoms with E-state index in [9.17, 15) is 0 Å². The minimum Gasteiger partial charge on any atom is -0.376 e. The molecule has 0 aliphatic rings. The molecule has 0 spiro atoms. The van der Waals surface area contributed by atoms with Gasteiger partial charge in [-0.15, -0.1) is 0 Å². The predicted octanol–water partition coefficient (Wildman–Crippen LogP) is 3.62. The molecular formula is C16H27NO. The first-order valence-corrected chi connectivity index (χ1v) is 6.65. The van der Waals surface area contributed by atoms with Gasteiger partial charge < -0.3 is 10.1 Å². The lowest BCUT2D eigenvalue weighted by atomic mass is 9.93. The van der Waals surface area contributed by atoms with E-state index >= 15 is 0 Å². The van der Waals surface area contributed by atoms with Crippen LogP contribution in [-0.4, -0.2) is 18.7 Å². The molecule has 0 fully saturated rings. The summed E-state index contributed by atoms with van der Waals surface area (Å²) in [6.45, 7) is 13.5. The molecule has 0 amide bonds. The van der Waals surface area contributed by atoms with Gasteiger partial charge in [0.05, 0.1) is 13.2 Å². The monoisotopic (exact) mass is 249 g/mol. The maximum Gasteiger partial charge on any atom is 0.0717 e. The van der Waals surface area contributed by atoms with Crippen molar-refractivity contribution in [2.75, 3.05) is 13.2 Å². The molecule has 2 nitrogen and oxygen atoms in total. The van der Waals surface area contributed by atoms with E-state index in [4.69, 9.17) is 4.74 Å². The van der Waals surface area contributed by atoms with E-state index in [1.165, 1.54) is 5.56 Å². The van der Waals surface area contributed by atoms with Gasteiger partial charge >= 0.3 is 0 Å². The molecule has 1 aromatic rings. The smallest absolute Gasteiger partial charge is 0.0717 e. The summed E-state index contributed by atoms with van der Waals surface area (Å²) in [5.41, 5.74) is 1.55. The number of benzene rings is 1. The Bertz CT molecular complexity index is 338. The molecule has 1 rings (SSSR count). The van der Waals surface area contributed by atoms with E-state index in [1.807, 2.05) is 18.2 Å². The Kier molecular flexibility index (Phi) is 5.36. The average Bonchev–Trinajstić information content (AvgIpc) is 2.27. The first kappa shape index (κ1) is 15.2. The highest BCUT2D eigenvalue weighted by atomic mass is 16.5. The fraction of sp³-hybridized carbons (Fsp3) is 0.625.